The van der Waals surface area contributed by atoms with Gasteiger partial charge in [0.1, 0.15) is 6.54 Å². The van der Waals surface area contributed by atoms with E-state index in [-0.39, 0.29) is 12.2 Å². The van der Waals surface area contributed by atoms with Gasteiger partial charge in [-0.05, 0) is 0 Å². The molecule has 0 bridgehead atoms. The third kappa shape index (κ3) is 5.00. The molecule has 9 heteroatoms. The molecule has 0 saturated carbocycles. The Morgan fingerprint density at radius 2 is 2.35 bits per heavy atom. The van der Waals surface area contributed by atoms with Crippen molar-refractivity contribution in [3.63, 3.8) is 0 Å². The van der Waals surface area contributed by atoms with Crippen molar-refractivity contribution >= 4 is 5.69 Å². The molecule has 1 heterocycles. The highest BCUT2D eigenvalue weighted by Crippen LogP contribution is 2.12. The monoisotopic (exact) mass is 248 g/mol. The van der Waals surface area contributed by atoms with Crippen LogP contribution >= 0.6 is 0 Å². The van der Waals surface area contributed by atoms with Crippen molar-refractivity contribution in [1.29, 1.82) is 5.53 Å². The fraction of sp³-hybridized carbons (Fsp3) is 0.375. The summed E-state index contributed by atoms with van der Waals surface area (Å²) in [7, 11) is 0. The number of nitrogen functional groups attached to an aromatic ring is 1. The molecule has 17 heavy (non-hydrogen) atoms. The number of halogens is 3. The summed E-state index contributed by atoms with van der Waals surface area (Å²) in [6, 6.07) is 0. The number of aromatic nitrogens is 2. The fourth-order valence-corrected chi connectivity index (χ4v) is 1.03. The zero-order chi connectivity index (χ0) is 12.9. The van der Waals surface area contributed by atoms with E-state index in [1.807, 2.05) is 5.32 Å². The van der Waals surface area contributed by atoms with Gasteiger partial charge in [0.2, 0.25) is 0 Å². The Morgan fingerprint density at radius 3 is 2.82 bits per heavy atom. The average molecular weight is 248 g/mol. The smallest absolute Gasteiger partial charge is 0.396 e. The third-order valence-corrected chi connectivity index (χ3v) is 1.69. The summed E-state index contributed by atoms with van der Waals surface area (Å²) in [6.45, 7) is -1.10. The quantitative estimate of drug-likeness (QED) is 0.689. The molecule has 4 N–H and O–H groups in total. The predicted octanol–water partition coefficient (Wildman–Crippen LogP) is 1.49. The number of nitrogens with two attached hydrogens (primary N) is 1. The number of nitrogens with zero attached hydrogens (tertiary/aromatic N) is 3. The van der Waals surface area contributed by atoms with Crippen LogP contribution in [-0.2, 0) is 6.54 Å². The highest BCUT2D eigenvalue weighted by Gasteiger charge is 2.25. The molecular formula is C8H11F3N6. The molecule has 0 fully saturated rings. The molecule has 0 aliphatic heterocycles. The Labute approximate surface area is 94.8 Å². The van der Waals surface area contributed by atoms with Crippen LogP contribution in [0.5, 0.6) is 0 Å². The Morgan fingerprint density at radius 1 is 1.65 bits per heavy atom. The molecule has 0 saturated heterocycles. The molecule has 1 aromatic heterocycles. The van der Waals surface area contributed by atoms with Crippen LogP contribution in [-0.4, -0.2) is 22.5 Å². The van der Waals surface area contributed by atoms with E-state index in [1.165, 1.54) is 17.1 Å². The van der Waals surface area contributed by atoms with Crippen LogP contribution in [0.3, 0.4) is 0 Å². The van der Waals surface area contributed by atoms with Crippen LogP contribution in [0.1, 0.15) is 0 Å². The van der Waals surface area contributed by atoms with Crippen LogP contribution in [0.15, 0.2) is 29.4 Å². The van der Waals surface area contributed by atoms with Gasteiger partial charge in [-0.2, -0.15) is 23.4 Å². The van der Waals surface area contributed by atoms with Gasteiger partial charge < -0.3 is 11.1 Å². The molecule has 94 valence electrons. The molecule has 0 spiro atoms. The highest BCUT2D eigenvalue weighted by molar-refractivity contribution is 5.30. The fourth-order valence-electron chi connectivity index (χ4n) is 1.03. The lowest BCUT2D eigenvalue weighted by molar-refractivity contribution is -0.122. The lowest BCUT2D eigenvalue weighted by Crippen LogP contribution is -2.25. The van der Waals surface area contributed by atoms with Crippen molar-refractivity contribution in [3.8, 4) is 0 Å². The van der Waals surface area contributed by atoms with Gasteiger partial charge in [0.05, 0.1) is 24.1 Å². The minimum absolute atomic E-state index is 0.0750. The predicted molar refractivity (Wildman–Crippen MR) is 53.9 cm³/mol. The van der Waals surface area contributed by atoms with E-state index in [4.69, 9.17) is 11.3 Å². The van der Waals surface area contributed by atoms with Crippen molar-refractivity contribution in [3.05, 3.63) is 24.3 Å². The van der Waals surface area contributed by atoms with E-state index in [0.717, 1.165) is 6.20 Å². The van der Waals surface area contributed by atoms with Gasteiger partial charge in [-0.1, -0.05) is 0 Å². The second-order valence-corrected chi connectivity index (χ2v) is 3.21. The summed E-state index contributed by atoms with van der Waals surface area (Å²) in [4.78, 5) is 0. The zero-order valence-corrected chi connectivity index (χ0v) is 8.70. The standard InChI is InChI=1S/C8H11F3N6/c9-8(10,11)5-14-2-7(16-13)4-17-3-6(12)1-15-17/h1-3,13-14H,4-5,12H2/b7-2-,16-13?. The summed E-state index contributed by atoms with van der Waals surface area (Å²) in [5, 5.41) is 8.94. The molecule has 1 aromatic rings. The lowest BCUT2D eigenvalue weighted by Gasteiger charge is -2.06. The summed E-state index contributed by atoms with van der Waals surface area (Å²) >= 11 is 0. The van der Waals surface area contributed by atoms with Crippen LogP contribution in [0.2, 0.25) is 0 Å². The number of allylic oxidation sites excluding steroid dienone is 1. The van der Waals surface area contributed by atoms with Crippen LogP contribution in [0, 0.1) is 5.53 Å². The summed E-state index contributed by atoms with van der Waals surface area (Å²) in [5.74, 6) is 0. The highest BCUT2D eigenvalue weighted by atomic mass is 19.4. The number of hydrogen-bond acceptors (Lipinski definition) is 5. The van der Waals surface area contributed by atoms with Gasteiger partial charge in [0, 0.05) is 12.4 Å². The first-order valence-corrected chi connectivity index (χ1v) is 4.55. The Hall–Kier alpha value is -2.06. The maximum absolute atomic E-state index is 11.8. The second-order valence-electron chi connectivity index (χ2n) is 3.21. The van der Waals surface area contributed by atoms with Crippen LogP contribution in [0.25, 0.3) is 0 Å². The number of anilines is 1. The van der Waals surface area contributed by atoms with E-state index in [2.05, 4.69) is 10.2 Å². The summed E-state index contributed by atoms with van der Waals surface area (Å²) in [6.07, 6.45) is -0.397. The van der Waals surface area contributed by atoms with Crippen molar-refractivity contribution in [2.45, 2.75) is 12.7 Å². The first-order valence-electron chi connectivity index (χ1n) is 4.55. The summed E-state index contributed by atoms with van der Waals surface area (Å²) in [5.41, 5.74) is 12.8. The minimum Gasteiger partial charge on any atom is -0.396 e. The molecule has 0 aliphatic rings. The van der Waals surface area contributed by atoms with Gasteiger partial charge in [0.15, 0.2) is 0 Å². The Kier molecular flexibility index (Phi) is 4.07. The Balaban J connectivity index is 2.53. The molecule has 0 aromatic carbocycles. The molecule has 0 amide bonds. The number of hydrogen-bond donors (Lipinski definition) is 3. The normalized spacial score (nSPS) is 12.5. The van der Waals surface area contributed by atoms with Crippen molar-refractivity contribution < 1.29 is 13.2 Å². The zero-order valence-electron chi connectivity index (χ0n) is 8.70. The molecule has 0 radical (unpaired) electrons. The maximum Gasteiger partial charge on any atom is 0.405 e. The van der Waals surface area contributed by atoms with Crippen LogP contribution in [0.4, 0.5) is 18.9 Å². The van der Waals surface area contributed by atoms with Crippen LogP contribution < -0.4 is 11.1 Å². The molecular weight excluding hydrogens is 237 g/mol. The number of alkyl halides is 3. The molecule has 0 unspecified atom stereocenters. The maximum atomic E-state index is 11.8. The minimum atomic E-state index is -4.31. The number of rotatable bonds is 5. The SMILES string of the molecule is N=N/C(=C\NCC(F)(F)F)Cn1cc(N)cn1. The van der Waals surface area contributed by atoms with Gasteiger partial charge in [0.25, 0.3) is 0 Å². The molecule has 6 nitrogen and oxygen atoms in total. The van der Waals surface area contributed by atoms with Gasteiger partial charge in [-0.3, -0.25) is 4.68 Å². The summed E-state index contributed by atoms with van der Waals surface area (Å²) < 4.78 is 36.9. The molecule has 0 aliphatic carbocycles. The molecule has 1 rings (SSSR count). The third-order valence-electron chi connectivity index (χ3n) is 1.69. The van der Waals surface area contributed by atoms with E-state index >= 15 is 0 Å². The van der Waals surface area contributed by atoms with Gasteiger partial charge >= 0.3 is 6.18 Å². The first-order chi connectivity index (χ1) is 7.90. The topological polar surface area (TPSA) is 92.1 Å². The van der Waals surface area contributed by atoms with Gasteiger partial charge in [-0.15, -0.1) is 0 Å². The van der Waals surface area contributed by atoms with E-state index in [1.54, 1.807) is 0 Å². The second kappa shape index (κ2) is 5.32. The average Bonchev–Trinajstić information content (AvgIpc) is 2.60. The van der Waals surface area contributed by atoms with E-state index in [9.17, 15) is 13.2 Å². The van der Waals surface area contributed by atoms with E-state index < -0.39 is 12.7 Å². The van der Waals surface area contributed by atoms with Crippen molar-refractivity contribution in [2.75, 3.05) is 12.3 Å². The lowest BCUT2D eigenvalue weighted by atomic mass is 10.4. The van der Waals surface area contributed by atoms with Gasteiger partial charge in [-0.25, -0.2) is 5.53 Å². The van der Waals surface area contributed by atoms with E-state index in [0.29, 0.717) is 5.69 Å². The first kappa shape index (κ1) is 13.0. The van der Waals surface area contributed by atoms with Crippen molar-refractivity contribution in [1.82, 2.24) is 15.1 Å². The molecule has 0 atom stereocenters. The number of nitrogens with one attached hydrogen (secondary N) is 2. The van der Waals surface area contributed by atoms with Crippen molar-refractivity contribution in [2.24, 2.45) is 5.11 Å². The Bertz CT molecular complexity index is 408. The largest absolute Gasteiger partial charge is 0.405 e.